The molecule has 134 valence electrons. The molecule has 1 unspecified atom stereocenters. The van der Waals surface area contributed by atoms with Crippen LogP contribution in [0.2, 0.25) is 0 Å². The van der Waals surface area contributed by atoms with E-state index in [0.717, 1.165) is 10.5 Å². The first-order valence-electron chi connectivity index (χ1n) is 8.24. The predicted molar refractivity (Wildman–Crippen MR) is 90.0 cm³/mol. The monoisotopic (exact) mass is 346 g/mol. The lowest BCUT2D eigenvalue weighted by Gasteiger charge is -2.22. The lowest BCUT2D eigenvalue weighted by atomic mass is 10.1. The molecule has 1 aromatic rings. The van der Waals surface area contributed by atoms with Crippen LogP contribution in [0.4, 0.5) is 0 Å². The number of carbonyl (C=O) groups excluding carboxylic acids is 4. The molecule has 0 fully saturated rings. The van der Waals surface area contributed by atoms with E-state index in [2.05, 4.69) is 0 Å². The summed E-state index contributed by atoms with van der Waals surface area (Å²) in [6.45, 7) is 7.50. The average Bonchev–Trinajstić information content (AvgIpc) is 2.83. The number of carbonyl (C=O) groups is 4. The molecule has 1 aromatic carbocycles. The van der Waals surface area contributed by atoms with Crippen LogP contribution in [0.25, 0.3) is 0 Å². The topological polar surface area (TPSA) is 84.0 Å². The highest BCUT2D eigenvalue weighted by Gasteiger charge is 2.41. The van der Waals surface area contributed by atoms with Crippen LogP contribution in [-0.4, -0.2) is 59.2 Å². The zero-order chi connectivity index (χ0) is 18.7. The second-order valence-electron chi connectivity index (χ2n) is 5.88. The van der Waals surface area contributed by atoms with E-state index < -0.39 is 30.4 Å². The molecular weight excluding hydrogens is 324 g/mol. The molecule has 0 aliphatic carbocycles. The molecule has 0 spiro atoms. The van der Waals surface area contributed by atoms with Gasteiger partial charge < -0.3 is 9.64 Å². The summed E-state index contributed by atoms with van der Waals surface area (Å²) in [5, 5.41) is 0. The van der Waals surface area contributed by atoms with Crippen LogP contribution >= 0.6 is 0 Å². The van der Waals surface area contributed by atoms with Gasteiger partial charge in [0.15, 0.2) is 6.61 Å². The van der Waals surface area contributed by atoms with Gasteiger partial charge in [0, 0.05) is 13.1 Å². The summed E-state index contributed by atoms with van der Waals surface area (Å²) in [7, 11) is 0. The van der Waals surface area contributed by atoms with Gasteiger partial charge in [-0.1, -0.05) is 11.6 Å². The van der Waals surface area contributed by atoms with Crippen LogP contribution < -0.4 is 0 Å². The van der Waals surface area contributed by atoms with Gasteiger partial charge in [-0.15, -0.1) is 0 Å². The van der Waals surface area contributed by atoms with Crippen molar-refractivity contribution in [1.82, 2.24) is 9.80 Å². The summed E-state index contributed by atoms with van der Waals surface area (Å²) < 4.78 is 5.01. The number of aryl methyl sites for hydroxylation is 1. The summed E-state index contributed by atoms with van der Waals surface area (Å²) in [4.78, 5) is 51.4. The molecule has 1 aliphatic heterocycles. The Hall–Kier alpha value is -2.70. The molecule has 0 saturated carbocycles. The first-order chi connectivity index (χ1) is 11.8. The van der Waals surface area contributed by atoms with Crippen LogP contribution in [0.3, 0.4) is 0 Å². The molecule has 1 heterocycles. The van der Waals surface area contributed by atoms with Gasteiger partial charge in [0.2, 0.25) is 0 Å². The highest BCUT2D eigenvalue weighted by molar-refractivity contribution is 6.22. The number of likely N-dealkylation sites (N-methyl/N-ethyl adjacent to an activating group) is 1. The maximum Gasteiger partial charge on any atom is 0.329 e. The van der Waals surface area contributed by atoms with Gasteiger partial charge in [-0.3, -0.25) is 19.3 Å². The van der Waals surface area contributed by atoms with E-state index in [4.69, 9.17) is 4.74 Å². The number of nitrogens with zero attached hydrogens (tertiary/aromatic N) is 2. The molecule has 1 atom stereocenters. The molecule has 2 rings (SSSR count). The second-order valence-corrected chi connectivity index (χ2v) is 5.88. The molecule has 3 amide bonds. The molecule has 7 nitrogen and oxygen atoms in total. The molecule has 1 aliphatic rings. The molecule has 0 bridgehead atoms. The number of hydrogen-bond donors (Lipinski definition) is 0. The van der Waals surface area contributed by atoms with Crippen molar-refractivity contribution in [3.8, 4) is 0 Å². The lowest BCUT2D eigenvalue weighted by Crippen LogP contribution is -2.44. The fourth-order valence-corrected chi connectivity index (χ4v) is 2.75. The van der Waals surface area contributed by atoms with Crippen LogP contribution in [0.1, 0.15) is 47.1 Å². The Morgan fingerprint density at radius 2 is 1.72 bits per heavy atom. The van der Waals surface area contributed by atoms with Crippen molar-refractivity contribution >= 4 is 23.7 Å². The van der Waals surface area contributed by atoms with Crippen molar-refractivity contribution in [2.45, 2.75) is 33.7 Å². The molecule has 25 heavy (non-hydrogen) atoms. The minimum absolute atomic E-state index is 0.273. The Labute approximate surface area is 146 Å². The number of imide groups is 1. The van der Waals surface area contributed by atoms with Crippen molar-refractivity contribution in [3.05, 3.63) is 34.9 Å². The van der Waals surface area contributed by atoms with Crippen molar-refractivity contribution in [2.75, 3.05) is 19.7 Å². The zero-order valence-electron chi connectivity index (χ0n) is 14.9. The predicted octanol–water partition coefficient (Wildman–Crippen LogP) is 1.39. The fraction of sp³-hybridized carbons (Fsp3) is 0.444. The van der Waals surface area contributed by atoms with Crippen molar-refractivity contribution < 1.29 is 23.9 Å². The molecule has 7 heteroatoms. The van der Waals surface area contributed by atoms with Crippen LogP contribution in [0, 0.1) is 6.92 Å². The van der Waals surface area contributed by atoms with Crippen LogP contribution in [0.5, 0.6) is 0 Å². The maximum atomic E-state index is 12.5. The van der Waals surface area contributed by atoms with E-state index in [-0.39, 0.29) is 17.0 Å². The van der Waals surface area contributed by atoms with Gasteiger partial charge in [-0.25, -0.2) is 4.79 Å². The van der Waals surface area contributed by atoms with Crippen molar-refractivity contribution in [1.29, 1.82) is 0 Å². The SMILES string of the molecule is CCN(CC)C(=O)COC(=O)C(C)N1C(=O)c2ccc(C)cc2C1=O. The first kappa shape index (κ1) is 18.6. The summed E-state index contributed by atoms with van der Waals surface area (Å²) in [5.41, 5.74) is 1.40. The Morgan fingerprint density at radius 1 is 1.12 bits per heavy atom. The summed E-state index contributed by atoms with van der Waals surface area (Å²) >= 11 is 0. The third-order valence-electron chi connectivity index (χ3n) is 4.26. The van der Waals surface area contributed by atoms with E-state index in [1.807, 2.05) is 20.8 Å². The Bertz CT molecular complexity index is 724. The molecule has 0 aromatic heterocycles. The van der Waals surface area contributed by atoms with E-state index in [0.29, 0.717) is 13.1 Å². The quantitative estimate of drug-likeness (QED) is 0.574. The van der Waals surface area contributed by atoms with Crippen LogP contribution in [-0.2, 0) is 14.3 Å². The smallest absolute Gasteiger partial charge is 0.329 e. The minimum atomic E-state index is -1.10. The van der Waals surface area contributed by atoms with E-state index in [9.17, 15) is 19.2 Å². The molecule has 0 saturated heterocycles. The van der Waals surface area contributed by atoms with Gasteiger partial charge in [0.25, 0.3) is 17.7 Å². The number of rotatable bonds is 6. The number of esters is 1. The normalized spacial score (nSPS) is 14.3. The Balaban J connectivity index is 2.07. The average molecular weight is 346 g/mol. The number of hydrogen-bond acceptors (Lipinski definition) is 5. The Morgan fingerprint density at radius 3 is 2.32 bits per heavy atom. The molecule has 0 N–H and O–H groups in total. The number of ether oxygens (including phenoxy) is 1. The number of amides is 3. The Kier molecular flexibility index (Phi) is 5.56. The van der Waals surface area contributed by atoms with Crippen LogP contribution in [0.15, 0.2) is 18.2 Å². The summed E-state index contributed by atoms with van der Waals surface area (Å²) in [6, 6.07) is 3.83. The van der Waals surface area contributed by atoms with Gasteiger partial charge in [0.05, 0.1) is 11.1 Å². The van der Waals surface area contributed by atoms with E-state index in [1.54, 1.807) is 18.2 Å². The van der Waals surface area contributed by atoms with Gasteiger partial charge in [-0.05, 0) is 39.8 Å². The van der Waals surface area contributed by atoms with Crippen molar-refractivity contribution in [2.24, 2.45) is 0 Å². The fourth-order valence-electron chi connectivity index (χ4n) is 2.75. The third kappa shape index (κ3) is 3.55. The van der Waals surface area contributed by atoms with E-state index >= 15 is 0 Å². The molecular formula is C18H22N2O5. The minimum Gasteiger partial charge on any atom is -0.454 e. The second kappa shape index (κ2) is 7.46. The van der Waals surface area contributed by atoms with Gasteiger partial charge in [0.1, 0.15) is 6.04 Å². The molecule has 0 radical (unpaired) electrons. The largest absolute Gasteiger partial charge is 0.454 e. The summed E-state index contributed by atoms with van der Waals surface area (Å²) in [6.07, 6.45) is 0. The zero-order valence-corrected chi connectivity index (χ0v) is 14.9. The highest BCUT2D eigenvalue weighted by atomic mass is 16.5. The van der Waals surface area contributed by atoms with Gasteiger partial charge in [-0.2, -0.15) is 0 Å². The standard InChI is InChI=1S/C18H22N2O5/c1-5-19(6-2)15(21)10-25-18(24)12(4)20-16(22)13-8-7-11(3)9-14(13)17(20)23/h7-9,12H,5-6,10H2,1-4H3. The third-order valence-corrected chi connectivity index (χ3v) is 4.26. The first-order valence-corrected chi connectivity index (χ1v) is 8.24. The lowest BCUT2D eigenvalue weighted by molar-refractivity contribution is -0.154. The maximum absolute atomic E-state index is 12.5. The van der Waals surface area contributed by atoms with Crippen molar-refractivity contribution in [3.63, 3.8) is 0 Å². The number of benzene rings is 1. The number of fused-ring (bicyclic) bond motifs is 1. The van der Waals surface area contributed by atoms with Gasteiger partial charge >= 0.3 is 5.97 Å². The highest BCUT2D eigenvalue weighted by Crippen LogP contribution is 2.26. The summed E-state index contributed by atoms with van der Waals surface area (Å²) in [5.74, 6) is -2.15. The van der Waals surface area contributed by atoms with E-state index in [1.165, 1.54) is 11.8 Å².